The van der Waals surface area contributed by atoms with E-state index in [1.165, 1.54) is 34.2 Å². The second kappa shape index (κ2) is 7.81. The van der Waals surface area contributed by atoms with E-state index in [-0.39, 0.29) is 11.6 Å². The van der Waals surface area contributed by atoms with Crippen LogP contribution in [0.3, 0.4) is 0 Å². The largest absolute Gasteiger partial charge is 0.350 e. The van der Waals surface area contributed by atoms with Crippen LogP contribution in [0.1, 0.15) is 80.7 Å². The third-order valence-electron chi connectivity index (χ3n) is 8.68. The van der Waals surface area contributed by atoms with E-state index in [1.807, 2.05) is 0 Å². The first-order valence-electron chi connectivity index (χ1n) is 12.3. The minimum Gasteiger partial charge on any atom is -0.350 e. The predicted octanol–water partition coefficient (Wildman–Crippen LogP) is 6.15. The first-order valence-corrected chi connectivity index (χ1v) is 12.3. The zero-order chi connectivity index (χ0) is 21.8. The van der Waals surface area contributed by atoms with Gasteiger partial charge in [0.1, 0.15) is 0 Å². The third-order valence-corrected chi connectivity index (χ3v) is 8.68. The van der Waals surface area contributed by atoms with Gasteiger partial charge >= 0.3 is 0 Å². The molecule has 0 saturated carbocycles. The molecule has 2 fully saturated rings. The SMILES string of the molecule is Cc1c2c(cc3c1C[C@@H](N=O)CC3)CC([C@@H]1CCCO[C@]3(CCC(C)(C)O3)[C@H]1C)C=C2. The van der Waals surface area contributed by atoms with E-state index >= 15 is 0 Å². The smallest absolute Gasteiger partial charge is 0.171 e. The summed E-state index contributed by atoms with van der Waals surface area (Å²) in [4.78, 5) is 11.1. The zero-order valence-electron chi connectivity index (χ0n) is 19.6. The summed E-state index contributed by atoms with van der Waals surface area (Å²) in [5, 5.41) is 3.34. The van der Waals surface area contributed by atoms with Crippen LogP contribution < -0.4 is 0 Å². The van der Waals surface area contributed by atoms with Crippen molar-refractivity contribution in [1.82, 2.24) is 0 Å². The highest BCUT2D eigenvalue weighted by Crippen LogP contribution is 2.50. The first-order chi connectivity index (χ1) is 14.8. The van der Waals surface area contributed by atoms with Crippen LogP contribution >= 0.6 is 0 Å². The summed E-state index contributed by atoms with van der Waals surface area (Å²) < 4.78 is 13.0. The summed E-state index contributed by atoms with van der Waals surface area (Å²) in [5.74, 6) is 1.06. The Morgan fingerprint density at radius 3 is 2.71 bits per heavy atom. The standard InChI is InChI=1S/C27H37NO3/c1-17-23-10-8-19(14-21(23)15-20-7-9-22(28-29)16-25(17)20)24-6-5-13-30-27(18(24)2)12-11-26(3,4)31-27/h8,10,15,18-19,22,24H,5-7,9,11-14,16H2,1-4H3/t18-,19?,22-,24+,27-/m0/s1. The highest BCUT2D eigenvalue weighted by atomic mass is 16.7. The van der Waals surface area contributed by atoms with Crippen molar-refractivity contribution in [2.45, 2.75) is 96.5 Å². The summed E-state index contributed by atoms with van der Waals surface area (Å²) in [6.45, 7) is 9.81. The Morgan fingerprint density at radius 2 is 1.97 bits per heavy atom. The molecule has 4 heteroatoms. The maximum Gasteiger partial charge on any atom is 0.171 e. The number of aryl methyl sites for hydroxylation is 1. The van der Waals surface area contributed by atoms with E-state index in [2.05, 4.69) is 51.1 Å². The molecule has 31 heavy (non-hydrogen) atoms. The lowest BCUT2D eigenvalue weighted by atomic mass is 9.70. The molecule has 2 heterocycles. The Hall–Kier alpha value is -1.52. The molecular weight excluding hydrogens is 386 g/mol. The first kappa shape index (κ1) is 21.3. The Labute approximate surface area is 186 Å². The van der Waals surface area contributed by atoms with Crippen molar-refractivity contribution in [3.63, 3.8) is 0 Å². The van der Waals surface area contributed by atoms with Crippen LogP contribution in [0, 0.1) is 29.6 Å². The molecule has 1 unspecified atom stereocenters. The van der Waals surface area contributed by atoms with E-state index in [9.17, 15) is 4.91 Å². The molecule has 2 saturated heterocycles. The van der Waals surface area contributed by atoms with Crippen LogP contribution in [-0.4, -0.2) is 24.0 Å². The van der Waals surface area contributed by atoms with E-state index in [4.69, 9.17) is 9.47 Å². The summed E-state index contributed by atoms with van der Waals surface area (Å²) in [7, 11) is 0. The van der Waals surface area contributed by atoms with E-state index in [0.717, 1.165) is 51.6 Å². The fraction of sp³-hybridized carbons (Fsp3) is 0.704. The Morgan fingerprint density at radius 1 is 1.13 bits per heavy atom. The molecule has 0 N–H and O–H groups in total. The van der Waals surface area contributed by atoms with Gasteiger partial charge in [-0.2, -0.15) is 4.91 Å². The van der Waals surface area contributed by atoms with Gasteiger partial charge in [-0.3, -0.25) is 0 Å². The van der Waals surface area contributed by atoms with Gasteiger partial charge in [0, 0.05) is 12.3 Å². The molecule has 0 aromatic heterocycles. The number of ether oxygens (including phenoxy) is 2. The number of nitrogens with zero attached hydrogens (tertiary/aromatic N) is 1. The van der Waals surface area contributed by atoms with E-state index in [1.54, 1.807) is 0 Å². The molecule has 4 nitrogen and oxygen atoms in total. The molecule has 0 bridgehead atoms. The van der Waals surface area contributed by atoms with Gasteiger partial charge in [-0.1, -0.05) is 30.3 Å². The van der Waals surface area contributed by atoms with Gasteiger partial charge < -0.3 is 9.47 Å². The average molecular weight is 424 g/mol. The zero-order valence-corrected chi connectivity index (χ0v) is 19.6. The van der Waals surface area contributed by atoms with Gasteiger partial charge in [-0.05, 0) is 105 Å². The summed E-state index contributed by atoms with van der Waals surface area (Å²) in [5.41, 5.74) is 6.95. The van der Waals surface area contributed by atoms with Crippen LogP contribution in [0.4, 0.5) is 0 Å². The summed E-state index contributed by atoms with van der Waals surface area (Å²) >= 11 is 0. The van der Waals surface area contributed by atoms with Gasteiger partial charge in [0.15, 0.2) is 5.79 Å². The summed E-state index contributed by atoms with van der Waals surface area (Å²) in [6.07, 6.45) is 13.0. The van der Waals surface area contributed by atoms with Crippen molar-refractivity contribution in [1.29, 1.82) is 0 Å². The monoisotopic (exact) mass is 423 g/mol. The van der Waals surface area contributed by atoms with Gasteiger partial charge in [0.05, 0.1) is 18.2 Å². The predicted molar refractivity (Wildman–Crippen MR) is 124 cm³/mol. The number of hydrogen-bond acceptors (Lipinski definition) is 4. The number of rotatable bonds is 2. The minimum atomic E-state index is -0.415. The number of allylic oxidation sites excluding steroid dienone is 1. The number of nitroso groups, excluding NO2 is 1. The van der Waals surface area contributed by atoms with Crippen molar-refractivity contribution < 1.29 is 9.47 Å². The normalized spacial score (nSPS) is 36.6. The molecular formula is C27H37NO3. The second-order valence-corrected chi connectivity index (χ2v) is 11.1. The Balaban J connectivity index is 1.42. The van der Waals surface area contributed by atoms with E-state index in [0.29, 0.717) is 17.8 Å². The van der Waals surface area contributed by atoms with Crippen molar-refractivity contribution in [3.8, 4) is 0 Å². The lowest BCUT2D eigenvalue weighted by Crippen LogP contribution is -2.45. The van der Waals surface area contributed by atoms with Gasteiger partial charge in [0.2, 0.25) is 0 Å². The molecule has 2 aliphatic carbocycles. The molecule has 5 rings (SSSR count). The molecule has 0 amide bonds. The molecule has 1 aromatic rings. The van der Waals surface area contributed by atoms with Crippen molar-refractivity contribution in [2.24, 2.45) is 22.9 Å². The van der Waals surface area contributed by atoms with Crippen LogP contribution in [0.5, 0.6) is 0 Å². The third kappa shape index (κ3) is 3.70. The highest BCUT2D eigenvalue weighted by molar-refractivity contribution is 5.64. The number of hydrogen-bond donors (Lipinski definition) is 0. The second-order valence-electron chi connectivity index (χ2n) is 11.1. The van der Waals surface area contributed by atoms with Crippen molar-refractivity contribution in [2.75, 3.05) is 6.61 Å². The fourth-order valence-electron chi connectivity index (χ4n) is 6.84. The van der Waals surface area contributed by atoms with Gasteiger partial charge in [0.25, 0.3) is 0 Å². The van der Waals surface area contributed by atoms with E-state index < -0.39 is 5.79 Å². The minimum absolute atomic E-state index is 0.0525. The van der Waals surface area contributed by atoms with Crippen LogP contribution in [0.15, 0.2) is 17.3 Å². The number of fused-ring (bicyclic) bond motifs is 2. The molecule has 168 valence electrons. The highest BCUT2D eigenvalue weighted by Gasteiger charge is 2.52. The van der Waals surface area contributed by atoms with Gasteiger partial charge in [-0.25, -0.2) is 0 Å². The molecule has 0 radical (unpaired) electrons. The molecule has 1 spiro atoms. The Bertz CT molecular complexity index is 900. The topological polar surface area (TPSA) is 47.9 Å². The lowest BCUT2D eigenvalue weighted by Gasteiger charge is -2.41. The van der Waals surface area contributed by atoms with Crippen LogP contribution in [0.25, 0.3) is 6.08 Å². The molecule has 1 aromatic carbocycles. The maximum atomic E-state index is 11.1. The van der Waals surface area contributed by atoms with Crippen molar-refractivity contribution in [3.05, 3.63) is 44.9 Å². The van der Waals surface area contributed by atoms with Crippen LogP contribution in [0.2, 0.25) is 0 Å². The van der Waals surface area contributed by atoms with Crippen LogP contribution in [-0.2, 0) is 28.7 Å². The molecule has 4 aliphatic rings. The van der Waals surface area contributed by atoms with Gasteiger partial charge in [-0.15, -0.1) is 0 Å². The molecule has 5 atom stereocenters. The quantitative estimate of drug-likeness (QED) is 0.536. The fourth-order valence-corrected chi connectivity index (χ4v) is 6.84. The number of benzene rings is 1. The molecule has 2 aliphatic heterocycles. The lowest BCUT2D eigenvalue weighted by molar-refractivity contribution is -0.272. The van der Waals surface area contributed by atoms with Crippen molar-refractivity contribution >= 4 is 6.08 Å². The maximum absolute atomic E-state index is 11.1. The Kier molecular flexibility index (Phi) is 5.37. The average Bonchev–Trinajstić information content (AvgIpc) is 2.99. The summed E-state index contributed by atoms with van der Waals surface area (Å²) in [6, 6.07) is 2.39.